The molecule has 13 N–H and O–H groups in total. The Hall–Kier alpha value is -5.94. The molecule has 0 saturated carbocycles. The van der Waals surface area contributed by atoms with Gasteiger partial charge in [0.1, 0.15) is 47.9 Å². The van der Waals surface area contributed by atoms with Gasteiger partial charge in [-0.2, -0.15) is 11.8 Å². The van der Waals surface area contributed by atoms with E-state index >= 15 is 0 Å². The number of nitrogens with one attached hydrogen (secondary N) is 6. The van der Waals surface area contributed by atoms with Crippen LogP contribution < -0.4 is 43.6 Å². The minimum Gasteiger partial charge on any atom is -0.508 e. The van der Waals surface area contributed by atoms with Gasteiger partial charge in [-0.3, -0.25) is 28.7 Å². The molecular weight excluding hydrogens is 785 g/mol. The number of amides is 5. The van der Waals surface area contributed by atoms with Crippen molar-refractivity contribution in [1.29, 1.82) is 0 Å². The highest BCUT2D eigenvalue weighted by molar-refractivity contribution is 7.98. The van der Waals surface area contributed by atoms with E-state index in [-0.39, 0.29) is 30.8 Å². The van der Waals surface area contributed by atoms with Crippen molar-refractivity contribution in [2.75, 3.05) is 25.1 Å². The number of rotatable bonds is 19. The largest absolute Gasteiger partial charge is 0.508 e. The fourth-order valence-electron chi connectivity index (χ4n) is 5.86. The molecule has 0 aliphatic carbocycles. The van der Waals surface area contributed by atoms with Crippen LogP contribution in [0.3, 0.4) is 0 Å². The van der Waals surface area contributed by atoms with Crippen molar-refractivity contribution in [1.82, 2.24) is 36.1 Å². The molecule has 0 radical (unpaired) electrons. The summed E-state index contributed by atoms with van der Waals surface area (Å²) in [4.78, 5) is 91.2. The van der Waals surface area contributed by atoms with Crippen molar-refractivity contribution in [3.05, 3.63) is 92.8 Å². The van der Waals surface area contributed by atoms with E-state index in [0.29, 0.717) is 16.9 Å². The third-order valence-corrected chi connectivity index (χ3v) is 9.61. The molecule has 3 aromatic rings. The summed E-state index contributed by atoms with van der Waals surface area (Å²) < 4.78 is 6.49. The maximum absolute atomic E-state index is 13.7. The van der Waals surface area contributed by atoms with E-state index in [2.05, 4.69) is 26.6 Å². The number of aromatic amines is 1. The van der Waals surface area contributed by atoms with Crippen molar-refractivity contribution < 1.29 is 54.2 Å². The fraction of sp³-hybridized carbons (Fsp3) is 0.417. The number of carboxylic acid groups (broad SMARTS) is 1. The van der Waals surface area contributed by atoms with Crippen LogP contribution in [0.4, 0.5) is 4.79 Å². The lowest BCUT2D eigenvalue weighted by Gasteiger charge is -2.25. The first-order valence-corrected chi connectivity index (χ1v) is 19.2. The molecule has 1 aromatic heterocycles. The predicted octanol–water partition coefficient (Wildman–Crippen LogP) is -3.03. The van der Waals surface area contributed by atoms with Crippen LogP contribution in [0.25, 0.3) is 0 Å². The molecule has 8 atom stereocenters. The lowest BCUT2D eigenvalue weighted by Crippen LogP contribution is -2.60. The van der Waals surface area contributed by atoms with Crippen LogP contribution in [-0.2, 0) is 36.8 Å². The molecule has 22 heteroatoms. The number of hydrogen-bond acceptors (Lipinski definition) is 14. The minimum atomic E-state index is -1.66. The Balaban J connectivity index is 1.47. The van der Waals surface area contributed by atoms with Gasteiger partial charge in [-0.1, -0.05) is 24.3 Å². The van der Waals surface area contributed by atoms with Gasteiger partial charge in [0.25, 0.3) is 5.56 Å². The van der Waals surface area contributed by atoms with Gasteiger partial charge >= 0.3 is 17.7 Å². The Morgan fingerprint density at radius 3 is 2.21 bits per heavy atom. The number of phenols is 2. The molecular formula is C36H46N8O13S. The van der Waals surface area contributed by atoms with Gasteiger partial charge in [0.05, 0.1) is 6.04 Å². The highest BCUT2D eigenvalue weighted by atomic mass is 32.2. The molecule has 1 saturated heterocycles. The maximum atomic E-state index is 13.7. The number of ether oxygens (including phenoxy) is 1. The zero-order chi connectivity index (χ0) is 42.5. The lowest BCUT2D eigenvalue weighted by atomic mass is 10.1. The summed E-state index contributed by atoms with van der Waals surface area (Å²) >= 11 is 1.33. The van der Waals surface area contributed by atoms with Crippen LogP contribution in [0, 0.1) is 0 Å². The Bertz CT molecular complexity index is 2030. The number of carboxylic acids is 1. The summed E-state index contributed by atoms with van der Waals surface area (Å²) in [5.41, 5.74) is 5.49. The van der Waals surface area contributed by atoms with Gasteiger partial charge in [0.15, 0.2) is 6.23 Å². The number of urea groups is 1. The smallest absolute Gasteiger partial charge is 0.330 e. The number of carbonyl (C=O) groups is 5. The number of nitrogens with zero attached hydrogens (tertiary/aromatic N) is 1. The van der Waals surface area contributed by atoms with E-state index < -0.39 is 103 Å². The first kappa shape index (κ1) is 44.8. The van der Waals surface area contributed by atoms with Crippen molar-refractivity contribution >= 4 is 41.5 Å². The van der Waals surface area contributed by atoms with E-state index in [9.17, 15) is 59.1 Å². The first-order valence-electron chi connectivity index (χ1n) is 17.8. The number of carbonyl (C=O) groups excluding carboxylic acids is 4. The second kappa shape index (κ2) is 21.0. The van der Waals surface area contributed by atoms with Crippen molar-refractivity contribution in [3.63, 3.8) is 0 Å². The Kier molecular flexibility index (Phi) is 16.2. The maximum Gasteiger partial charge on any atom is 0.330 e. The molecule has 1 fully saturated rings. The van der Waals surface area contributed by atoms with Crippen LogP contribution in [-0.4, -0.2) is 132 Å². The number of hydrogen-bond donors (Lipinski definition) is 12. The third-order valence-electron chi connectivity index (χ3n) is 8.97. The van der Waals surface area contributed by atoms with E-state index in [4.69, 9.17) is 10.5 Å². The average molecular weight is 831 g/mol. The van der Waals surface area contributed by atoms with Crippen LogP contribution in [0.5, 0.6) is 11.5 Å². The highest BCUT2D eigenvalue weighted by Crippen LogP contribution is 2.28. The summed E-state index contributed by atoms with van der Waals surface area (Å²) in [6.07, 6.45) is -3.36. The van der Waals surface area contributed by atoms with Crippen LogP contribution in [0.2, 0.25) is 0 Å². The van der Waals surface area contributed by atoms with Gasteiger partial charge in [-0.05, 0) is 60.2 Å². The zero-order valence-electron chi connectivity index (χ0n) is 31.1. The molecule has 21 nitrogen and oxygen atoms in total. The fourth-order valence-corrected chi connectivity index (χ4v) is 6.33. The molecule has 4 rings (SSSR count). The third kappa shape index (κ3) is 12.8. The van der Waals surface area contributed by atoms with Crippen molar-refractivity contribution in [3.8, 4) is 11.5 Å². The van der Waals surface area contributed by atoms with Gasteiger partial charge < -0.3 is 62.6 Å². The monoisotopic (exact) mass is 830 g/mol. The number of aromatic hydroxyl groups is 2. The van der Waals surface area contributed by atoms with E-state index in [1.54, 1.807) is 24.5 Å². The number of thioether (sulfide) groups is 1. The van der Waals surface area contributed by atoms with Gasteiger partial charge in [-0.25, -0.2) is 14.4 Å². The lowest BCUT2D eigenvalue weighted by molar-refractivity contribution is -0.139. The summed E-state index contributed by atoms with van der Waals surface area (Å²) in [7, 11) is 0. The number of aromatic nitrogens is 2. The second-order valence-corrected chi connectivity index (χ2v) is 14.3. The molecule has 0 spiro atoms. The average Bonchev–Trinajstić information content (AvgIpc) is 3.45. The number of H-pyrrole nitrogens is 1. The molecule has 1 aliphatic rings. The van der Waals surface area contributed by atoms with E-state index in [1.807, 2.05) is 4.98 Å². The standard InChI is InChI=1S/C36H46N8O13S/c1-58-12-10-23(41-35(55)42-24(34(53)54)15-19-3-2-4-21(46)13-19)32(52)40-25(16-38-30(50)22(37)14-18-5-7-20(45)8-6-18)31(51)39-17-26-28(48)29(49)33(57-26)44-11-9-27(47)43-36(44)56/h2-9,11,13,22-26,28-29,33,45-46,48-49H,10,12,14-17,37H2,1H3,(H,38,50)(H,39,51)(H,40,52)(H,53,54)(H2,41,42,55)(H,43,47,56)/t22-,23+,24+,25-,26+,28+,29+,33+/m0/s1. The van der Waals surface area contributed by atoms with Gasteiger partial charge in [0.2, 0.25) is 17.7 Å². The molecule has 0 bridgehead atoms. The zero-order valence-corrected chi connectivity index (χ0v) is 31.9. The minimum absolute atomic E-state index is 0.00933. The number of phenolic OH excluding ortho intramolecular Hbond substituents is 2. The molecule has 314 valence electrons. The molecule has 0 unspecified atom stereocenters. The summed E-state index contributed by atoms with van der Waals surface area (Å²) in [5, 5.41) is 62.5. The van der Waals surface area contributed by atoms with Crippen LogP contribution >= 0.6 is 11.8 Å². The number of aliphatic carboxylic acids is 1. The van der Waals surface area contributed by atoms with Crippen LogP contribution in [0.1, 0.15) is 23.8 Å². The number of aliphatic hydroxyl groups excluding tert-OH is 2. The topological polar surface area (TPSA) is 337 Å². The molecule has 1 aliphatic heterocycles. The Labute approximate surface area is 334 Å². The van der Waals surface area contributed by atoms with Crippen molar-refractivity contribution in [2.45, 2.75) is 68.0 Å². The number of aliphatic hydroxyl groups is 2. The normalized spacial score (nSPS) is 19.5. The molecule has 2 heterocycles. The first-order chi connectivity index (χ1) is 27.6. The Morgan fingerprint density at radius 2 is 1.55 bits per heavy atom. The SMILES string of the molecule is CSCC[C@@H](NC(=O)N[C@H](Cc1cccc(O)c1)C(=O)O)C(=O)N[C@@H](CNC(=O)[C@@H](N)Cc1ccc(O)cc1)C(=O)NC[C@H]1O[C@@H](n2ccc(=O)[nH]c2=O)[C@H](O)[C@@H]1O. The summed E-state index contributed by atoms with van der Waals surface area (Å²) in [5.74, 6) is -3.67. The quantitative estimate of drug-likeness (QED) is 0.0572. The molecule has 58 heavy (non-hydrogen) atoms. The Morgan fingerprint density at radius 1 is 0.845 bits per heavy atom. The van der Waals surface area contributed by atoms with E-state index in [1.165, 1.54) is 42.1 Å². The number of benzene rings is 2. The van der Waals surface area contributed by atoms with Gasteiger partial charge in [-0.15, -0.1) is 0 Å². The summed E-state index contributed by atoms with van der Waals surface area (Å²) in [6.45, 7) is -1.00. The predicted molar refractivity (Wildman–Crippen MR) is 207 cm³/mol. The highest BCUT2D eigenvalue weighted by Gasteiger charge is 2.44. The van der Waals surface area contributed by atoms with Crippen molar-refractivity contribution in [2.24, 2.45) is 5.73 Å². The van der Waals surface area contributed by atoms with Crippen LogP contribution in [0.15, 0.2) is 70.4 Å². The van der Waals surface area contributed by atoms with E-state index in [0.717, 1.165) is 16.8 Å². The second-order valence-electron chi connectivity index (χ2n) is 13.3. The molecule has 2 aromatic carbocycles. The molecule has 5 amide bonds. The van der Waals surface area contributed by atoms with Gasteiger partial charge in [0, 0.05) is 31.8 Å². The number of nitrogens with two attached hydrogens (primary N) is 1. The summed E-state index contributed by atoms with van der Waals surface area (Å²) in [6, 6.07) is 6.29.